The van der Waals surface area contributed by atoms with Gasteiger partial charge >= 0.3 is 7.82 Å². The average molecular weight is 415 g/mol. The Labute approximate surface area is 168 Å². The van der Waals surface area contributed by atoms with Crippen molar-refractivity contribution in [3.05, 3.63) is 29.8 Å². The summed E-state index contributed by atoms with van der Waals surface area (Å²) < 4.78 is 21.5. The number of carbonyl (C=O) groups is 1. The van der Waals surface area contributed by atoms with Crippen LogP contribution in [0.2, 0.25) is 0 Å². The quantitative estimate of drug-likeness (QED) is 0.308. The Bertz CT molecular complexity index is 631. The molecule has 0 aliphatic carbocycles. The lowest BCUT2D eigenvalue weighted by Crippen LogP contribution is -2.31. The molecule has 0 spiro atoms. The smallest absolute Gasteiger partial charge is 0.469 e. The number of carbonyl (C=O) groups excluding carboxylic acids is 1. The van der Waals surface area contributed by atoms with E-state index in [0.717, 1.165) is 32.1 Å². The first-order chi connectivity index (χ1) is 13.2. The molecule has 1 amide bonds. The van der Waals surface area contributed by atoms with Gasteiger partial charge in [0.2, 0.25) is 5.91 Å². The van der Waals surface area contributed by atoms with Crippen LogP contribution in [0.25, 0.3) is 0 Å². The topological polar surface area (TPSA) is 105 Å². The highest BCUT2D eigenvalue weighted by Gasteiger charge is 2.21. The van der Waals surface area contributed by atoms with Gasteiger partial charge in [-0.2, -0.15) is 0 Å². The maximum absolute atomic E-state index is 12.3. The molecule has 8 heteroatoms. The van der Waals surface area contributed by atoms with Crippen LogP contribution in [0.4, 0.5) is 0 Å². The zero-order valence-corrected chi connectivity index (χ0v) is 18.0. The van der Waals surface area contributed by atoms with Crippen LogP contribution in [0.5, 0.6) is 5.75 Å². The van der Waals surface area contributed by atoms with Gasteiger partial charge in [0.15, 0.2) is 0 Å². The summed E-state index contributed by atoms with van der Waals surface area (Å²) in [6.07, 6.45) is 5.55. The molecule has 1 atom stereocenters. The van der Waals surface area contributed by atoms with Crippen LogP contribution >= 0.6 is 7.82 Å². The van der Waals surface area contributed by atoms with Gasteiger partial charge < -0.3 is 19.8 Å². The van der Waals surface area contributed by atoms with Crippen molar-refractivity contribution in [2.75, 3.05) is 13.2 Å². The second kappa shape index (κ2) is 12.9. The lowest BCUT2D eigenvalue weighted by Gasteiger charge is -2.20. The Morgan fingerprint density at radius 1 is 1.14 bits per heavy atom. The third-order valence-electron chi connectivity index (χ3n) is 4.10. The van der Waals surface area contributed by atoms with Crippen LogP contribution in [-0.4, -0.2) is 28.9 Å². The van der Waals surface area contributed by atoms with Crippen LogP contribution in [0.15, 0.2) is 24.3 Å². The number of hydrogen-bond acceptors (Lipinski definition) is 4. The van der Waals surface area contributed by atoms with Gasteiger partial charge in [0.05, 0.1) is 19.3 Å². The maximum Gasteiger partial charge on any atom is 0.469 e. The third kappa shape index (κ3) is 11.4. The minimum Gasteiger partial charge on any atom is -0.493 e. The molecular weight excluding hydrogens is 381 g/mol. The molecule has 0 saturated carbocycles. The fourth-order valence-corrected chi connectivity index (χ4v) is 2.98. The number of rotatable bonds is 14. The fraction of sp³-hybridized carbons (Fsp3) is 0.650. The second-order valence-electron chi connectivity index (χ2n) is 7.35. The summed E-state index contributed by atoms with van der Waals surface area (Å²) >= 11 is 0. The monoisotopic (exact) mass is 415 g/mol. The van der Waals surface area contributed by atoms with Crippen molar-refractivity contribution in [3.8, 4) is 5.75 Å². The third-order valence-corrected chi connectivity index (χ3v) is 4.58. The normalized spacial score (nSPS) is 12.8. The van der Waals surface area contributed by atoms with Crippen molar-refractivity contribution in [1.82, 2.24) is 5.32 Å². The molecule has 0 aliphatic heterocycles. The summed E-state index contributed by atoms with van der Waals surface area (Å²) in [6.45, 7) is 6.45. The number of nitrogens with one attached hydrogen (secondary N) is 1. The number of ether oxygens (including phenoxy) is 1. The van der Waals surface area contributed by atoms with Gasteiger partial charge in [0.1, 0.15) is 5.75 Å². The lowest BCUT2D eigenvalue weighted by molar-refractivity contribution is -0.122. The molecule has 1 aromatic rings. The zero-order valence-electron chi connectivity index (χ0n) is 17.1. The van der Waals surface area contributed by atoms with E-state index in [9.17, 15) is 9.36 Å². The van der Waals surface area contributed by atoms with Gasteiger partial charge in [-0.3, -0.25) is 9.32 Å². The van der Waals surface area contributed by atoms with Crippen LogP contribution in [0, 0.1) is 5.92 Å². The molecule has 160 valence electrons. The second-order valence-corrected chi connectivity index (χ2v) is 8.59. The minimum atomic E-state index is -4.64. The summed E-state index contributed by atoms with van der Waals surface area (Å²) in [5, 5.41) is 2.83. The molecule has 3 N–H and O–H groups in total. The Kier molecular flexibility index (Phi) is 11.4. The molecule has 0 fully saturated rings. The number of phosphoric acid groups is 1. The standard InChI is InChI=1S/C20H34NO6P/c1-4-5-6-7-8-12-20(22)21-19(15-27-28(23,24)25)17-10-9-11-18(13-17)26-14-16(2)3/h9-11,13,16,19H,4-8,12,14-15H2,1-3H3,(H,21,22)(H2,23,24,25). The molecule has 0 aromatic heterocycles. The summed E-state index contributed by atoms with van der Waals surface area (Å²) in [7, 11) is -4.64. The van der Waals surface area contributed by atoms with E-state index in [1.165, 1.54) is 0 Å². The number of amides is 1. The molecule has 0 saturated heterocycles. The molecule has 0 aliphatic rings. The van der Waals surface area contributed by atoms with E-state index in [4.69, 9.17) is 14.5 Å². The molecule has 1 rings (SSSR count). The lowest BCUT2D eigenvalue weighted by atomic mass is 10.1. The first kappa shape index (κ1) is 24.6. The predicted molar refractivity (Wildman–Crippen MR) is 109 cm³/mol. The Hall–Kier alpha value is -1.40. The number of phosphoric ester groups is 1. The van der Waals surface area contributed by atoms with E-state index in [0.29, 0.717) is 30.3 Å². The fourth-order valence-electron chi connectivity index (χ4n) is 2.63. The first-order valence-corrected chi connectivity index (χ1v) is 11.5. The summed E-state index contributed by atoms with van der Waals surface area (Å²) in [5.74, 6) is 0.843. The highest BCUT2D eigenvalue weighted by molar-refractivity contribution is 7.46. The van der Waals surface area contributed by atoms with Crippen molar-refractivity contribution >= 4 is 13.7 Å². The molecule has 1 unspecified atom stereocenters. The molecule has 7 nitrogen and oxygen atoms in total. The first-order valence-electron chi connectivity index (χ1n) is 9.93. The predicted octanol–water partition coefficient (Wildman–Crippen LogP) is 4.35. The highest BCUT2D eigenvalue weighted by Crippen LogP contribution is 2.37. The molecule has 0 bridgehead atoms. The Balaban J connectivity index is 2.74. The summed E-state index contributed by atoms with van der Waals surface area (Å²) in [5.41, 5.74) is 0.675. The van der Waals surface area contributed by atoms with E-state index in [1.807, 2.05) is 19.9 Å². The number of hydrogen-bond donors (Lipinski definition) is 3. The Morgan fingerprint density at radius 2 is 1.86 bits per heavy atom. The van der Waals surface area contributed by atoms with E-state index in [2.05, 4.69) is 16.8 Å². The van der Waals surface area contributed by atoms with Gasteiger partial charge in [-0.15, -0.1) is 0 Å². The molecule has 28 heavy (non-hydrogen) atoms. The summed E-state index contributed by atoms with van der Waals surface area (Å²) in [6, 6.07) is 6.46. The largest absolute Gasteiger partial charge is 0.493 e. The van der Waals surface area contributed by atoms with E-state index in [1.54, 1.807) is 18.2 Å². The van der Waals surface area contributed by atoms with Gasteiger partial charge in [-0.25, -0.2) is 4.57 Å². The van der Waals surface area contributed by atoms with Crippen molar-refractivity contribution in [2.24, 2.45) is 5.92 Å². The molecule has 0 radical (unpaired) electrons. The van der Waals surface area contributed by atoms with Crippen LogP contribution in [0.1, 0.15) is 70.9 Å². The number of unbranched alkanes of at least 4 members (excludes halogenated alkanes) is 4. The number of benzene rings is 1. The molecule has 0 heterocycles. The Morgan fingerprint density at radius 3 is 2.50 bits per heavy atom. The SMILES string of the molecule is CCCCCCCC(=O)NC(COP(=O)(O)O)c1cccc(OCC(C)C)c1. The van der Waals surface area contributed by atoms with Gasteiger partial charge in [-0.1, -0.05) is 58.6 Å². The molecule has 1 aromatic carbocycles. The van der Waals surface area contributed by atoms with Gasteiger partial charge in [0.25, 0.3) is 0 Å². The van der Waals surface area contributed by atoms with Crippen molar-refractivity contribution in [2.45, 2.75) is 65.3 Å². The van der Waals surface area contributed by atoms with Crippen LogP contribution in [-0.2, 0) is 13.9 Å². The van der Waals surface area contributed by atoms with Crippen LogP contribution < -0.4 is 10.1 Å². The van der Waals surface area contributed by atoms with Crippen molar-refractivity contribution in [1.29, 1.82) is 0 Å². The van der Waals surface area contributed by atoms with Crippen LogP contribution in [0.3, 0.4) is 0 Å². The highest BCUT2D eigenvalue weighted by atomic mass is 31.2. The average Bonchev–Trinajstić information content (AvgIpc) is 2.62. The minimum absolute atomic E-state index is 0.163. The maximum atomic E-state index is 12.3. The van der Waals surface area contributed by atoms with E-state index < -0.39 is 13.9 Å². The molecular formula is C20H34NO6P. The van der Waals surface area contributed by atoms with Gasteiger partial charge in [0, 0.05) is 6.42 Å². The van der Waals surface area contributed by atoms with Crippen molar-refractivity contribution < 1.29 is 28.4 Å². The van der Waals surface area contributed by atoms with Crippen molar-refractivity contribution in [3.63, 3.8) is 0 Å². The van der Waals surface area contributed by atoms with Gasteiger partial charge in [-0.05, 0) is 30.0 Å². The zero-order chi connectivity index (χ0) is 21.0. The van der Waals surface area contributed by atoms with E-state index in [-0.39, 0.29) is 12.5 Å². The summed E-state index contributed by atoms with van der Waals surface area (Å²) in [4.78, 5) is 30.3. The van der Waals surface area contributed by atoms with E-state index >= 15 is 0 Å².